The van der Waals surface area contributed by atoms with Crippen LogP contribution in [0.15, 0.2) is 146 Å². The molecule has 0 saturated carbocycles. The molecule has 0 fully saturated rings. The Hall–Kier alpha value is -6.61. The average molecular weight is 622 g/mol. The van der Waals surface area contributed by atoms with Crippen LogP contribution in [0.25, 0.3) is 61.9 Å². The molecule has 1 aromatic carbocycles. The topological polar surface area (TPSA) is 115 Å². The Morgan fingerprint density at radius 1 is 0.458 bits per heavy atom. The molecule has 48 heavy (non-hydrogen) atoms. The predicted molar refractivity (Wildman–Crippen MR) is 186 cm³/mol. The number of dihydropyridines is 1. The third-order valence-electron chi connectivity index (χ3n) is 8.14. The highest BCUT2D eigenvalue weighted by Gasteiger charge is 2.21. The summed E-state index contributed by atoms with van der Waals surface area (Å²) in [6.45, 7) is 0. The molecule has 1 unspecified atom stereocenters. The van der Waals surface area contributed by atoms with E-state index < -0.39 is 0 Å². The molecular weight excluding hydrogens is 594 g/mol. The van der Waals surface area contributed by atoms with Gasteiger partial charge in [0.15, 0.2) is 17.5 Å². The number of benzene rings is 1. The van der Waals surface area contributed by atoms with Crippen LogP contribution in [0, 0.1) is 0 Å². The molecule has 0 radical (unpaired) electrons. The first-order valence-electron chi connectivity index (χ1n) is 15.5. The molecule has 0 bridgehead atoms. The van der Waals surface area contributed by atoms with Crippen molar-refractivity contribution in [2.45, 2.75) is 12.5 Å². The Labute approximate surface area is 277 Å². The maximum atomic E-state index is 5.06. The Kier molecular flexibility index (Phi) is 7.82. The van der Waals surface area contributed by atoms with E-state index in [2.05, 4.69) is 44.2 Å². The first-order valence-corrected chi connectivity index (χ1v) is 15.5. The molecular formula is C39H27N9. The van der Waals surface area contributed by atoms with Crippen LogP contribution in [0.2, 0.25) is 0 Å². The number of allylic oxidation sites excluding steroid dienone is 1. The summed E-state index contributed by atoms with van der Waals surface area (Å²) >= 11 is 0. The first kappa shape index (κ1) is 28.8. The average Bonchev–Trinajstić information content (AvgIpc) is 3.19. The lowest BCUT2D eigenvalue weighted by Crippen LogP contribution is -2.09. The molecule has 0 N–H and O–H groups in total. The Morgan fingerprint density at radius 3 is 1.50 bits per heavy atom. The number of hydrogen-bond acceptors (Lipinski definition) is 9. The lowest BCUT2D eigenvalue weighted by atomic mass is 9.96. The van der Waals surface area contributed by atoms with Crippen molar-refractivity contribution in [2.24, 2.45) is 4.99 Å². The summed E-state index contributed by atoms with van der Waals surface area (Å²) in [5.74, 6) is 1.68. The van der Waals surface area contributed by atoms with Crippen LogP contribution in [0.1, 0.15) is 23.9 Å². The fourth-order valence-electron chi connectivity index (χ4n) is 5.63. The van der Waals surface area contributed by atoms with E-state index in [0.717, 1.165) is 55.8 Å². The Balaban J connectivity index is 1.24. The second-order valence-corrected chi connectivity index (χ2v) is 11.2. The summed E-state index contributed by atoms with van der Waals surface area (Å²) in [7, 11) is 0. The monoisotopic (exact) mass is 621 g/mol. The van der Waals surface area contributed by atoms with Crippen molar-refractivity contribution >= 4 is 11.8 Å². The summed E-state index contributed by atoms with van der Waals surface area (Å²) in [5.41, 5.74) is 9.71. The van der Waals surface area contributed by atoms with E-state index in [1.165, 1.54) is 0 Å². The summed E-state index contributed by atoms with van der Waals surface area (Å²) in [5, 5.41) is 0. The molecule has 6 aromatic heterocycles. The molecule has 0 amide bonds. The standard InChI is InChI=1S/C39H27N9/c1-4-36(45-24-30(1)26-5-13-40-14-6-26)39-47-37(31-2-3-35(44-25-31)29-11-19-43-20-12-29)46-38(48-39)34-22-32(27-7-15-41-16-8-27)21-33(23-34)28-9-17-42-18-10-28/h1-3,5-25,36H,4H2. The minimum Gasteiger partial charge on any atom is -0.281 e. The van der Waals surface area contributed by atoms with Gasteiger partial charge in [-0.15, -0.1) is 0 Å². The van der Waals surface area contributed by atoms with Crippen molar-refractivity contribution < 1.29 is 0 Å². The van der Waals surface area contributed by atoms with Crippen LogP contribution in [-0.2, 0) is 0 Å². The van der Waals surface area contributed by atoms with Crippen LogP contribution >= 0.6 is 0 Å². The number of hydrogen-bond donors (Lipinski definition) is 0. The number of aromatic nitrogens is 8. The van der Waals surface area contributed by atoms with Gasteiger partial charge in [-0.25, -0.2) is 15.0 Å². The van der Waals surface area contributed by atoms with E-state index in [9.17, 15) is 0 Å². The van der Waals surface area contributed by atoms with E-state index >= 15 is 0 Å². The van der Waals surface area contributed by atoms with Crippen molar-refractivity contribution in [3.63, 3.8) is 0 Å². The van der Waals surface area contributed by atoms with Gasteiger partial charge >= 0.3 is 0 Å². The smallest absolute Gasteiger partial charge is 0.165 e. The van der Waals surface area contributed by atoms with Gasteiger partial charge < -0.3 is 0 Å². The molecule has 1 aliphatic heterocycles. The van der Waals surface area contributed by atoms with E-state index in [-0.39, 0.29) is 6.04 Å². The normalized spacial score (nSPS) is 14.0. The fourth-order valence-corrected chi connectivity index (χ4v) is 5.63. The van der Waals surface area contributed by atoms with Crippen molar-refractivity contribution in [3.05, 3.63) is 152 Å². The highest BCUT2D eigenvalue weighted by Crippen LogP contribution is 2.34. The van der Waals surface area contributed by atoms with E-state index in [1.807, 2.05) is 66.9 Å². The lowest BCUT2D eigenvalue weighted by molar-refractivity contribution is 0.679. The maximum Gasteiger partial charge on any atom is 0.165 e. The largest absolute Gasteiger partial charge is 0.281 e. The molecule has 8 rings (SSSR count). The van der Waals surface area contributed by atoms with Gasteiger partial charge in [0.2, 0.25) is 0 Å². The van der Waals surface area contributed by atoms with Gasteiger partial charge in [0.05, 0.1) is 5.69 Å². The van der Waals surface area contributed by atoms with Crippen LogP contribution in [0.3, 0.4) is 0 Å². The van der Waals surface area contributed by atoms with Gasteiger partial charge in [0.25, 0.3) is 0 Å². The van der Waals surface area contributed by atoms with Crippen molar-refractivity contribution in [1.29, 1.82) is 0 Å². The number of nitrogens with zero attached hydrogens (tertiary/aromatic N) is 9. The summed E-state index contributed by atoms with van der Waals surface area (Å²) in [4.78, 5) is 41.4. The van der Waals surface area contributed by atoms with Crippen molar-refractivity contribution in [3.8, 4) is 56.3 Å². The fraction of sp³-hybridized carbons (Fsp3) is 0.0513. The second-order valence-electron chi connectivity index (χ2n) is 11.2. The zero-order valence-corrected chi connectivity index (χ0v) is 25.7. The van der Waals surface area contributed by atoms with E-state index in [4.69, 9.17) is 24.9 Å². The SMILES string of the molecule is C1=NC(c2nc(-c3ccc(-c4ccncc4)nc3)nc(-c3cc(-c4ccncc4)cc(-c4ccncc4)c3)n2)CC=C1c1ccncc1. The zero-order chi connectivity index (χ0) is 32.1. The molecule has 1 atom stereocenters. The van der Waals surface area contributed by atoms with Gasteiger partial charge in [-0.3, -0.25) is 29.9 Å². The van der Waals surface area contributed by atoms with Gasteiger partial charge in [0, 0.05) is 78.7 Å². The minimum absolute atomic E-state index is 0.275. The number of aliphatic imine (C=N–C) groups is 1. The summed E-state index contributed by atoms with van der Waals surface area (Å²) < 4.78 is 0. The Morgan fingerprint density at radius 2 is 0.979 bits per heavy atom. The van der Waals surface area contributed by atoms with Gasteiger partial charge in [0.1, 0.15) is 6.04 Å². The third-order valence-corrected chi connectivity index (χ3v) is 8.14. The second kappa shape index (κ2) is 13.0. The highest BCUT2D eigenvalue weighted by molar-refractivity contribution is 6.10. The molecule has 0 aliphatic carbocycles. The molecule has 7 heterocycles. The molecule has 9 nitrogen and oxygen atoms in total. The first-order chi connectivity index (χ1) is 23.8. The molecule has 7 aromatic rings. The van der Waals surface area contributed by atoms with Crippen molar-refractivity contribution in [1.82, 2.24) is 39.9 Å². The minimum atomic E-state index is -0.275. The molecule has 9 heteroatoms. The molecule has 228 valence electrons. The van der Waals surface area contributed by atoms with Gasteiger partial charge in [-0.2, -0.15) is 0 Å². The highest BCUT2D eigenvalue weighted by atomic mass is 15.1. The summed E-state index contributed by atoms with van der Waals surface area (Å²) in [6.07, 6.45) is 20.8. The lowest BCUT2D eigenvalue weighted by Gasteiger charge is -2.17. The molecule has 0 spiro atoms. The quantitative estimate of drug-likeness (QED) is 0.177. The molecule has 0 saturated heterocycles. The summed E-state index contributed by atoms with van der Waals surface area (Å²) in [6, 6.07) is 25.9. The number of pyridine rings is 5. The Bertz CT molecular complexity index is 2180. The zero-order valence-electron chi connectivity index (χ0n) is 25.7. The van der Waals surface area contributed by atoms with E-state index in [1.54, 1.807) is 55.8 Å². The van der Waals surface area contributed by atoms with Crippen LogP contribution in [0.5, 0.6) is 0 Å². The maximum absolute atomic E-state index is 5.06. The third kappa shape index (κ3) is 6.12. The van der Waals surface area contributed by atoms with Crippen LogP contribution in [0.4, 0.5) is 0 Å². The van der Waals surface area contributed by atoms with E-state index in [0.29, 0.717) is 23.9 Å². The van der Waals surface area contributed by atoms with Crippen LogP contribution in [-0.4, -0.2) is 46.1 Å². The van der Waals surface area contributed by atoms with Gasteiger partial charge in [-0.1, -0.05) is 6.08 Å². The predicted octanol–water partition coefficient (Wildman–Crippen LogP) is 7.78. The molecule has 1 aliphatic rings. The van der Waals surface area contributed by atoms with Gasteiger partial charge in [-0.05, 0) is 119 Å². The number of rotatable bonds is 7. The van der Waals surface area contributed by atoms with Crippen LogP contribution < -0.4 is 0 Å². The van der Waals surface area contributed by atoms with Crippen molar-refractivity contribution in [2.75, 3.05) is 0 Å².